The van der Waals surface area contributed by atoms with Gasteiger partial charge in [-0.2, -0.15) is 0 Å². The largest absolute Gasteiger partial charge is 0.393 e. The predicted molar refractivity (Wildman–Crippen MR) is 85.4 cm³/mol. The summed E-state index contributed by atoms with van der Waals surface area (Å²) < 4.78 is 0. The van der Waals surface area contributed by atoms with Crippen LogP contribution in [0.25, 0.3) is 0 Å². The van der Waals surface area contributed by atoms with E-state index in [0.717, 1.165) is 24.4 Å². The second-order valence-corrected chi connectivity index (χ2v) is 5.99. The van der Waals surface area contributed by atoms with Gasteiger partial charge in [-0.25, -0.2) is 0 Å². The maximum absolute atomic E-state index is 12.2. The quantitative estimate of drug-likeness (QED) is 0.571. The molecule has 0 spiro atoms. The van der Waals surface area contributed by atoms with Crippen molar-refractivity contribution in [3.63, 3.8) is 0 Å². The van der Waals surface area contributed by atoms with E-state index in [2.05, 4.69) is 5.32 Å². The van der Waals surface area contributed by atoms with Gasteiger partial charge in [-0.15, -0.1) is 0 Å². The Morgan fingerprint density at radius 3 is 2.65 bits per heavy atom. The summed E-state index contributed by atoms with van der Waals surface area (Å²) in [5, 5.41) is 2.96. The van der Waals surface area contributed by atoms with Gasteiger partial charge >= 0.3 is 0 Å². The number of carbonyl (C=O) groups is 1. The third-order valence-electron chi connectivity index (χ3n) is 3.73. The summed E-state index contributed by atoms with van der Waals surface area (Å²) in [6, 6.07) is 9.85. The molecule has 1 aliphatic carbocycles. The molecule has 1 aromatic carbocycles. The molecule has 1 fully saturated rings. The van der Waals surface area contributed by atoms with E-state index >= 15 is 0 Å². The second-order valence-electron chi connectivity index (χ2n) is 5.52. The summed E-state index contributed by atoms with van der Waals surface area (Å²) in [6.07, 6.45) is 5.56. The molecular formula is C16H22N2OS. The third-order valence-corrected chi connectivity index (χ3v) is 4.01. The van der Waals surface area contributed by atoms with Crippen LogP contribution < -0.4 is 11.1 Å². The Balaban J connectivity index is 1.80. The van der Waals surface area contributed by atoms with Gasteiger partial charge in [-0.1, -0.05) is 55.4 Å². The highest BCUT2D eigenvalue weighted by Crippen LogP contribution is 2.33. The van der Waals surface area contributed by atoms with Crippen molar-refractivity contribution in [2.75, 3.05) is 6.54 Å². The smallest absolute Gasteiger partial charge is 0.230 e. The van der Waals surface area contributed by atoms with Gasteiger partial charge in [0, 0.05) is 6.54 Å². The van der Waals surface area contributed by atoms with Crippen LogP contribution in [-0.2, 0) is 11.2 Å². The van der Waals surface area contributed by atoms with Gasteiger partial charge in [0.15, 0.2) is 0 Å². The van der Waals surface area contributed by atoms with Gasteiger partial charge in [0.2, 0.25) is 5.91 Å². The van der Waals surface area contributed by atoms with E-state index in [-0.39, 0.29) is 10.9 Å². The molecule has 3 N–H and O–H groups in total. The predicted octanol–water partition coefficient (Wildman–Crippen LogP) is 2.44. The summed E-state index contributed by atoms with van der Waals surface area (Å²) >= 11 is 5.04. The molecule has 1 unspecified atom stereocenters. The minimum absolute atomic E-state index is 0.0443. The number of amides is 1. The molecule has 0 saturated heterocycles. The lowest BCUT2D eigenvalue weighted by Gasteiger charge is -2.15. The average molecular weight is 290 g/mol. The average Bonchev–Trinajstić information content (AvgIpc) is 3.26. The first kappa shape index (κ1) is 15.0. The van der Waals surface area contributed by atoms with Crippen molar-refractivity contribution in [3.8, 4) is 0 Å². The molecule has 1 aliphatic rings. The summed E-state index contributed by atoms with van der Waals surface area (Å²) in [5.41, 5.74) is 6.80. The number of rotatable bonds is 8. The van der Waals surface area contributed by atoms with Crippen LogP contribution in [0.5, 0.6) is 0 Å². The molecule has 0 aliphatic heterocycles. The molecule has 2 rings (SSSR count). The Morgan fingerprint density at radius 2 is 2.05 bits per heavy atom. The minimum atomic E-state index is -0.409. The first-order valence-electron chi connectivity index (χ1n) is 7.28. The fourth-order valence-electron chi connectivity index (χ4n) is 2.30. The highest BCUT2D eigenvalue weighted by molar-refractivity contribution is 7.80. The molecule has 0 radical (unpaired) electrons. The Kier molecular flexibility index (Phi) is 5.53. The van der Waals surface area contributed by atoms with Crippen LogP contribution in [-0.4, -0.2) is 17.4 Å². The molecule has 0 aromatic heterocycles. The second kappa shape index (κ2) is 7.39. The summed E-state index contributed by atoms with van der Waals surface area (Å²) in [4.78, 5) is 12.4. The summed E-state index contributed by atoms with van der Waals surface area (Å²) in [5.74, 6) is 0.452. The number of hydrogen-bond acceptors (Lipinski definition) is 2. The molecular weight excluding hydrogens is 268 g/mol. The topological polar surface area (TPSA) is 55.1 Å². The van der Waals surface area contributed by atoms with Gasteiger partial charge in [0.05, 0.1) is 10.9 Å². The fourth-order valence-corrected chi connectivity index (χ4v) is 2.49. The van der Waals surface area contributed by atoms with Crippen molar-refractivity contribution >= 4 is 23.1 Å². The maximum atomic E-state index is 12.2. The van der Waals surface area contributed by atoms with Crippen LogP contribution in [0.3, 0.4) is 0 Å². The molecule has 1 atom stereocenters. The van der Waals surface area contributed by atoms with Crippen molar-refractivity contribution in [2.45, 2.75) is 32.1 Å². The Morgan fingerprint density at radius 1 is 1.35 bits per heavy atom. The van der Waals surface area contributed by atoms with E-state index in [1.54, 1.807) is 0 Å². The summed E-state index contributed by atoms with van der Waals surface area (Å²) in [6.45, 7) is 0.725. The van der Waals surface area contributed by atoms with Crippen LogP contribution >= 0.6 is 12.2 Å². The van der Waals surface area contributed by atoms with Crippen molar-refractivity contribution in [3.05, 3.63) is 35.9 Å². The van der Waals surface area contributed by atoms with Crippen molar-refractivity contribution < 1.29 is 4.79 Å². The normalized spacial score (nSPS) is 15.6. The standard InChI is InChI=1S/C16H22N2OS/c17-15(20)14(11-13-5-2-1-3-6-13)16(19)18-10-4-7-12-8-9-12/h1-3,5-6,12,14H,4,7-11H2,(H2,17,20)(H,18,19). The number of thiocarbonyl (C=S) groups is 1. The number of nitrogens with two attached hydrogens (primary N) is 1. The highest BCUT2D eigenvalue weighted by atomic mass is 32.1. The lowest BCUT2D eigenvalue weighted by molar-refractivity contribution is -0.122. The zero-order valence-corrected chi connectivity index (χ0v) is 12.5. The number of nitrogens with one attached hydrogen (secondary N) is 1. The van der Waals surface area contributed by atoms with E-state index in [4.69, 9.17) is 18.0 Å². The monoisotopic (exact) mass is 290 g/mol. The van der Waals surface area contributed by atoms with E-state index in [1.807, 2.05) is 30.3 Å². The Labute approximate surface area is 125 Å². The van der Waals surface area contributed by atoms with Gasteiger partial charge < -0.3 is 11.1 Å². The van der Waals surface area contributed by atoms with E-state index < -0.39 is 5.92 Å². The minimum Gasteiger partial charge on any atom is -0.393 e. The molecule has 1 aromatic rings. The van der Waals surface area contributed by atoms with Gasteiger partial charge in [0.1, 0.15) is 0 Å². The number of hydrogen-bond donors (Lipinski definition) is 2. The van der Waals surface area contributed by atoms with E-state index in [9.17, 15) is 4.79 Å². The molecule has 0 heterocycles. The van der Waals surface area contributed by atoms with Crippen LogP contribution in [0.15, 0.2) is 30.3 Å². The summed E-state index contributed by atoms with van der Waals surface area (Å²) in [7, 11) is 0. The van der Waals surface area contributed by atoms with Crippen LogP contribution in [0.4, 0.5) is 0 Å². The molecule has 0 bridgehead atoms. The van der Waals surface area contributed by atoms with Crippen molar-refractivity contribution in [1.29, 1.82) is 0 Å². The molecule has 108 valence electrons. The van der Waals surface area contributed by atoms with Crippen LogP contribution in [0.2, 0.25) is 0 Å². The van der Waals surface area contributed by atoms with Crippen molar-refractivity contribution in [2.24, 2.45) is 17.6 Å². The SMILES string of the molecule is NC(=S)C(Cc1ccccc1)C(=O)NCCCC1CC1. The fraction of sp³-hybridized carbons (Fsp3) is 0.500. The van der Waals surface area contributed by atoms with Crippen LogP contribution in [0, 0.1) is 11.8 Å². The van der Waals surface area contributed by atoms with Gasteiger partial charge in [-0.3, -0.25) is 4.79 Å². The zero-order valence-electron chi connectivity index (χ0n) is 11.7. The maximum Gasteiger partial charge on any atom is 0.230 e. The lowest BCUT2D eigenvalue weighted by Crippen LogP contribution is -2.39. The van der Waals surface area contributed by atoms with E-state index in [0.29, 0.717) is 6.42 Å². The Bertz CT molecular complexity index is 457. The first-order valence-corrected chi connectivity index (χ1v) is 7.68. The third kappa shape index (κ3) is 4.93. The molecule has 1 saturated carbocycles. The molecule has 4 heteroatoms. The first-order chi connectivity index (χ1) is 9.66. The molecule has 20 heavy (non-hydrogen) atoms. The van der Waals surface area contributed by atoms with Gasteiger partial charge in [-0.05, 0) is 30.7 Å². The zero-order chi connectivity index (χ0) is 14.4. The number of benzene rings is 1. The highest BCUT2D eigenvalue weighted by Gasteiger charge is 2.23. The molecule has 1 amide bonds. The van der Waals surface area contributed by atoms with E-state index in [1.165, 1.54) is 19.3 Å². The number of carbonyl (C=O) groups excluding carboxylic acids is 1. The Hall–Kier alpha value is -1.42. The molecule has 3 nitrogen and oxygen atoms in total. The van der Waals surface area contributed by atoms with Crippen molar-refractivity contribution in [1.82, 2.24) is 5.32 Å². The van der Waals surface area contributed by atoms with Gasteiger partial charge in [0.25, 0.3) is 0 Å². The lowest BCUT2D eigenvalue weighted by atomic mass is 9.98. The van der Waals surface area contributed by atoms with Crippen LogP contribution in [0.1, 0.15) is 31.2 Å².